The van der Waals surface area contributed by atoms with E-state index in [0.717, 1.165) is 12.1 Å². The summed E-state index contributed by atoms with van der Waals surface area (Å²) in [7, 11) is 0. The Balaban J connectivity index is 2.35. The Morgan fingerprint density at radius 2 is 2.00 bits per heavy atom. The minimum absolute atomic E-state index is 0.181. The molecule has 0 aliphatic heterocycles. The number of hydrogen-bond donors (Lipinski definition) is 1. The van der Waals surface area contributed by atoms with Gasteiger partial charge in [-0.25, -0.2) is 0 Å². The summed E-state index contributed by atoms with van der Waals surface area (Å²) >= 11 is 13.7. The summed E-state index contributed by atoms with van der Waals surface area (Å²) < 4.78 is 0. The van der Waals surface area contributed by atoms with Gasteiger partial charge in [0.05, 0.1) is 16.1 Å². The smallest absolute Gasteiger partial charge is 0.0595 e. The Morgan fingerprint density at radius 1 is 1.18 bits per heavy atom. The lowest BCUT2D eigenvalue weighted by Crippen LogP contribution is -2.21. The van der Waals surface area contributed by atoms with E-state index in [-0.39, 0.29) is 6.04 Å². The van der Waals surface area contributed by atoms with Crippen molar-refractivity contribution in [3.05, 3.63) is 56.2 Å². The van der Waals surface area contributed by atoms with Crippen LogP contribution in [0.1, 0.15) is 24.1 Å². The molecular weight excluding hydrogens is 273 g/mol. The van der Waals surface area contributed by atoms with Crippen molar-refractivity contribution in [2.24, 2.45) is 0 Å². The van der Waals surface area contributed by atoms with Gasteiger partial charge in [0.2, 0.25) is 0 Å². The number of thiophene rings is 1. The van der Waals surface area contributed by atoms with Crippen molar-refractivity contribution in [2.75, 3.05) is 6.54 Å². The van der Waals surface area contributed by atoms with Crippen molar-refractivity contribution < 1.29 is 0 Å². The van der Waals surface area contributed by atoms with Crippen LogP contribution in [-0.4, -0.2) is 6.54 Å². The lowest BCUT2D eigenvalue weighted by atomic mass is 10.0. The molecule has 0 radical (unpaired) electrons. The number of halogens is 2. The van der Waals surface area contributed by atoms with Crippen molar-refractivity contribution >= 4 is 34.5 Å². The fourth-order valence-electron chi connectivity index (χ4n) is 1.76. The van der Waals surface area contributed by atoms with E-state index in [4.69, 9.17) is 23.2 Å². The SMILES string of the molecule is CCNC(c1ccsc1)c1ccc(Cl)c(Cl)c1. The second-order valence-electron chi connectivity index (χ2n) is 3.72. The first-order chi connectivity index (χ1) is 8.22. The molecular formula is C13H13Cl2NS. The summed E-state index contributed by atoms with van der Waals surface area (Å²) in [6.07, 6.45) is 0. The van der Waals surface area contributed by atoms with E-state index in [2.05, 4.69) is 29.1 Å². The second kappa shape index (κ2) is 5.87. The van der Waals surface area contributed by atoms with E-state index in [1.54, 1.807) is 11.3 Å². The van der Waals surface area contributed by atoms with Crippen LogP contribution in [-0.2, 0) is 0 Å². The molecule has 2 aromatic rings. The maximum atomic E-state index is 6.06. The average Bonchev–Trinajstić information content (AvgIpc) is 2.83. The van der Waals surface area contributed by atoms with Crippen LogP contribution in [0.4, 0.5) is 0 Å². The van der Waals surface area contributed by atoms with Crippen molar-refractivity contribution in [3.63, 3.8) is 0 Å². The third-order valence-electron chi connectivity index (χ3n) is 2.56. The maximum absolute atomic E-state index is 6.06. The number of nitrogens with one attached hydrogen (secondary N) is 1. The molecule has 0 aliphatic carbocycles. The predicted octanol–water partition coefficient (Wildman–Crippen LogP) is 4.75. The Bertz CT molecular complexity index is 482. The van der Waals surface area contributed by atoms with Crippen LogP contribution in [0.3, 0.4) is 0 Å². The first kappa shape index (κ1) is 12.9. The Labute approximate surface area is 115 Å². The number of rotatable bonds is 4. The lowest BCUT2D eigenvalue weighted by Gasteiger charge is -2.17. The fraction of sp³-hybridized carbons (Fsp3) is 0.231. The molecule has 0 saturated carbocycles. The van der Waals surface area contributed by atoms with Crippen LogP contribution < -0.4 is 5.32 Å². The second-order valence-corrected chi connectivity index (χ2v) is 5.32. The van der Waals surface area contributed by atoms with Gasteiger partial charge in [0.25, 0.3) is 0 Å². The van der Waals surface area contributed by atoms with Crippen molar-refractivity contribution in [1.29, 1.82) is 0 Å². The predicted molar refractivity (Wildman–Crippen MR) is 76.3 cm³/mol. The van der Waals surface area contributed by atoms with Crippen LogP contribution in [0.25, 0.3) is 0 Å². The third-order valence-corrected chi connectivity index (χ3v) is 4.00. The van der Waals surface area contributed by atoms with Crippen molar-refractivity contribution in [3.8, 4) is 0 Å². The van der Waals surface area contributed by atoms with E-state index in [0.29, 0.717) is 10.0 Å². The molecule has 17 heavy (non-hydrogen) atoms. The standard InChI is InChI=1S/C13H13Cl2NS/c1-2-16-13(10-5-6-17-8-10)9-3-4-11(14)12(15)7-9/h3-8,13,16H,2H2,1H3. The molecule has 1 atom stereocenters. The molecule has 1 nitrogen and oxygen atoms in total. The minimum Gasteiger partial charge on any atom is -0.307 e. The van der Waals surface area contributed by atoms with Crippen molar-refractivity contribution in [2.45, 2.75) is 13.0 Å². The van der Waals surface area contributed by atoms with E-state index in [1.165, 1.54) is 5.56 Å². The van der Waals surface area contributed by atoms with Gasteiger partial charge in [0.1, 0.15) is 0 Å². The molecule has 0 aliphatic rings. The molecule has 1 aromatic heterocycles. The number of hydrogen-bond acceptors (Lipinski definition) is 2. The molecule has 0 bridgehead atoms. The van der Waals surface area contributed by atoms with E-state index < -0.39 is 0 Å². The molecule has 1 aromatic carbocycles. The van der Waals surface area contributed by atoms with Gasteiger partial charge in [-0.05, 0) is 46.6 Å². The molecule has 4 heteroatoms. The highest BCUT2D eigenvalue weighted by molar-refractivity contribution is 7.08. The molecule has 0 amide bonds. The van der Waals surface area contributed by atoms with Gasteiger partial charge in [-0.3, -0.25) is 0 Å². The van der Waals surface area contributed by atoms with Gasteiger partial charge in [-0.15, -0.1) is 0 Å². The molecule has 90 valence electrons. The highest BCUT2D eigenvalue weighted by Crippen LogP contribution is 2.29. The highest BCUT2D eigenvalue weighted by Gasteiger charge is 2.14. The minimum atomic E-state index is 0.181. The van der Waals surface area contributed by atoms with Gasteiger partial charge in [-0.2, -0.15) is 11.3 Å². The summed E-state index contributed by atoms with van der Waals surface area (Å²) in [6.45, 7) is 3.00. The number of benzene rings is 1. The van der Waals surface area contributed by atoms with Crippen LogP contribution in [0.15, 0.2) is 35.0 Å². The Morgan fingerprint density at radius 3 is 2.59 bits per heavy atom. The lowest BCUT2D eigenvalue weighted by molar-refractivity contribution is 0.632. The Kier molecular flexibility index (Phi) is 4.46. The molecule has 1 heterocycles. The molecule has 0 spiro atoms. The third kappa shape index (κ3) is 3.02. The van der Waals surface area contributed by atoms with Gasteiger partial charge in [0.15, 0.2) is 0 Å². The van der Waals surface area contributed by atoms with Crippen LogP contribution >= 0.6 is 34.5 Å². The van der Waals surface area contributed by atoms with Gasteiger partial charge >= 0.3 is 0 Å². The van der Waals surface area contributed by atoms with E-state index >= 15 is 0 Å². The Hall–Kier alpha value is -0.540. The highest BCUT2D eigenvalue weighted by atomic mass is 35.5. The molecule has 1 N–H and O–H groups in total. The molecule has 0 fully saturated rings. The van der Waals surface area contributed by atoms with Gasteiger partial charge in [-0.1, -0.05) is 36.2 Å². The molecule has 1 unspecified atom stereocenters. The zero-order valence-corrected chi connectivity index (χ0v) is 11.7. The van der Waals surface area contributed by atoms with Gasteiger partial charge in [0, 0.05) is 0 Å². The topological polar surface area (TPSA) is 12.0 Å². The maximum Gasteiger partial charge on any atom is 0.0595 e. The molecule has 2 rings (SSSR count). The fourth-order valence-corrected chi connectivity index (χ4v) is 2.76. The summed E-state index contributed by atoms with van der Waals surface area (Å²) in [5.74, 6) is 0. The zero-order valence-electron chi connectivity index (χ0n) is 9.41. The van der Waals surface area contributed by atoms with E-state index in [9.17, 15) is 0 Å². The van der Waals surface area contributed by atoms with Crippen LogP contribution in [0.5, 0.6) is 0 Å². The summed E-state index contributed by atoms with van der Waals surface area (Å²) in [4.78, 5) is 0. The van der Waals surface area contributed by atoms with Crippen LogP contribution in [0.2, 0.25) is 10.0 Å². The first-order valence-electron chi connectivity index (χ1n) is 5.42. The quantitative estimate of drug-likeness (QED) is 0.855. The monoisotopic (exact) mass is 285 g/mol. The van der Waals surface area contributed by atoms with Crippen molar-refractivity contribution in [1.82, 2.24) is 5.32 Å². The summed E-state index contributed by atoms with van der Waals surface area (Å²) in [6, 6.07) is 8.09. The normalized spacial score (nSPS) is 12.6. The first-order valence-corrected chi connectivity index (χ1v) is 7.12. The summed E-state index contributed by atoms with van der Waals surface area (Å²) in [5, 5.41) is 8.87. The molecule has 0 saturated heterocycles. The van der Waals surface area contributed by atoms with Crippen LogP contribution in [0, 0.1) is 0 Å². The van der Waals surface area contributed by atoms with Gasteiger partial charge < -0.3 is 5.32 Å². The van der Waals surface area contributed by atoms with E-state index in [1.807, 2.05) is 18.2 Å². The largest absolute Gasteiger partial charge is 0.307 e. The zero-order chi connectivity index (χ0) is 12.3. The average molecular weight is 286 g/mol. The summed E-state index contributed by atoms with van der Waals surface area (Å²) in [5.41, 5.74) is 2.40.